The largest absolute Gasteiger partial charge is 1.00 e. The molecule has 2 N–H and O–H groups in total. The molecule has 1 aromatic heterocycles. The van der Waals surface area contributed by atoms with Crippen LogP contribution in [0, 0.1) is 6.07 Å². The fraction of sp³-hybridized carbons (Fsp3) is 0.0455. The summed E-state index contributed by atoms with van der Waals surface area (Å²) in [6, 6.07) is 24.6. The Morgan fingerprint density at radius 2 is 1.77 bits per heavy atom. The van der Waals surface area contributed by atoms with E-state index in [2.05, 4.69) is 34.6 Å². The summed E-state index contributed by atoms with van der Waals surface area (Å²) < 4.78 is 0. The maximum Gasteiger partial charge on any atom is 1.00 e. The van der Waals surface area contributed by atoms with Gasteiger partial charge in [0.05, 0.1) is 4.91 Å². The Kier molecular flexibility index (Phi) is 9.55. The average molecular weight is 445 g/mol. The maximum atomic E-state index is 12.2. The summed E-state index contributed by atoms with van der Waals surface area (Å²) in [5.74, 6) is -0.944. The molecule has 0 aliphatic carbocycles. The van der Waals surface area contributed by atoms with Crippen molar-refractivity contribution in [2.24, 2.45) is 4.99 Å². The van der Waals surface area contributed by atoms with Gasteiger partial charge in [0.1, 0.15) is 0 Å². The Morgan fingerprint density at radius 3 is 2.43 bits per heavy atom. The first-order valence-electron chi connectivity index (χ1n) is 8.62. The number of rotatable bonds is 3. The smallest absolute Gasteiger partial charge is 0.481 e. The molecular formula is C22H17N2NaO3S2. The molecule has 1 fully saturated rings. The van der Waals surface area contributed by atoms with Crippen molar-refractivity contribution in [1.29, 1.82) is 0 Å². The number of hydrogen-bond acceptors (Lipinski definition) is 5. The minimum Gasteiger partial charge on any atom is -0.481 e. The number of aliphatic imine (C=N–C) groups is 1. The molecule has 0 radical (unpaired) electrons. The van der Waals surface area contributed by atoms with Gasteiger partial charge in [-0.3, -0.25) is 14.6 Å². The molecule has 5 nitrogen and oxygen atoms in total. The number of hydrogen-bond donors (Lipinski definition) is 2. The molecule has 146 valence electrons. The summed E-state index contributed by atoms with van der Waals surface area (Å²) in [7, 11) is 0. The Balaban J connectivity index is 0.000000591. The van der Waals surface area contributed by atoms with Crippen LogP contribution >= 0.6 is 23.1 Å². The minimum atomic E-state index is -0.833. The number of nitrogens with one attached hydrogen (secondary N) is 1. The first kappa shape index (κ1) is 24.1. The molecule has 4 rings (SSSR count). The number of carbonyl (C=O) groups excluding carboxylic acids is 1. The Bertz CT molecular complexity index is 1060. The van der Waals surface area contributed by atoms with Crippen LogP contribution in [0.2, 0.25) is 0 Å². The van der Waals surface area contributed by atoms with Gasteiger partial charge in [0, 0.05) is 16.7 Å². The van der Waals surface area contributed by atoms with E-state index in [9.17, 15) is 4.79 Å². The SMILES string of the molecule is CC(=O)O.O=C1NC(=Nc2cc[c-]cc2)SC1=Cc1ccc(-c2ccccc2)s1.[Na+]. The van der Waals surface area contributed by atoms with Crippen LogP contribution in [0.15, 0.2) is 76.6 Å². The summed E-state index contributed by atoms with van der Waals surface area (Å²) in [5, 5.41) is 10.8. The van der Waals surface area contributed by atoms with Crippen LogP contribution in [-0.2, 0) is 9.59 Å². The van der Waals surface area contributed by atoms with E-state index in [4.69, 9.17) is 9.90 Å². The molecule has 1 aliphatic heterocycles. The molecule has 0 spiro atoms. The van der Waals surface area contributed by atoms with Gasteiger partial charge in [-0.05, 0) is 41.2 Å². The monoisotopic (exact) mass is 444 g/mol. The van der Waals surface area contributed by atoms with E-state index in [1.165, 1.54) is 22.2 Å². The number of nitrogens with zero attached hydrogens (tertiary/aromatic N) is 1. The van der Waals surface area contributed by atoms with Crippen molar-refractivity contribution >= 4 is 51.9 Å². The van der Waals surface area contributed by atoms with Crippen molar-refractivity contribution in [3.63, 3.8) is 0 Å². The average Bonchev–Trinajstić information content (AvgIpc) is 3.30. The zero-order valence-corrected chi connectivity index (χ0v) is 20.1. The molecule has 30 heavy (non-hydrogen) atoms. The zero-order valence-electron chi connectivity index (χ0n) is 16.5. The van der Waals surface area contributed by atoms with E-state index >= 15 is 0 Å². The number of thiophene rings is 1. The summed E-state index contributed by atoms with van der Waals surface area (Å²) in [6.07, 6.45) is 1.92. The fourth-order valence-electron chi connectivity index (χ4n) is 2.37. The third-order valence-electron chi connectivity index (χ3n) is 3.54. The van der Waals surface area contributed by atoms with Crippen molar-refractivity contribution in [3.8, 4) is 10.4 Å². The Labute approximate surface area is 205 Å². The number of amides is 1. The molecule has 0 atom stereocenters. The molecule has 0 bridgehead atoms. The van der Waals surface area contributed by atoms with Gasteiger partial charge in [0.25, 0.3) is 11.9 Å². The maximum absolute atomic E-state index is 12.2. The molecule has 1 aliphatic rings. The normalized spacial score (nSPS) is 15.2. The molecule has 2 heterocycles. The van der Waals surface area contributed by atoms with Gasteiger partial charge >= 0.3 is 29.6 Å². The number of carbonyl (C=O) groups is 2. The minimum absolute atomic E-state index is 0. The summed E-state index contributed by atoms with van der Waals surface area (Å²) in [4.78, 5) is 28.5. The number of amidine groups is 1. The molecule has 1 saturated heterocycles. The molecule has 0 unspecified atom stereocenters. The second kappa shape index (κ2) is 11.9. The number of benzene rings is 2. The zero-order chi connectivity index (χ0) is 20.6. The van der Waals surface area contributed by atoms with Crippen LogP contribution in [0.5, 0.6) is 0 Å². The van der Waals surface area contributed by atoms with E-state index in [0.717, 1.165) is 17.5 Å². The number of aliphatic carboxylic acids is 1. The van der Waals surface area contributed by atoms with E-state index in [0.29, 0.717) is 10.1 Å². The van der Waals surface area contributed by atoms with E-state index in [-0.39, 0.29) is 35.5 Å². The quantitative estimate of drug-likeness (QED) is 0.369. The standard InChI is InChI=1S/C20H13N2OS2.C2H4O2.Na/c23-19-18(25-20(22-19)21-15-9-5-2-6-10-15)13-16-11-12-17(24-16)14-7-3-1-4-8-14;1-2(3)4;/h1,3-13H,(H,21,22,23);1H3,(H,3,4);/q-1;;+1. The van der Waals surface area contributed by atoms with E-state index in [1.54, 1.807) is 23.5 Å². The number of carboxylic acids is 1. The molecule has 0 saturated carbocycles. The Morgan fingerprint density at radius 1 is 1.10 bits per heavy atom. The summed E-state index contributed by atoms with van der Waals surface area (Å²) >= 11 is 3.03. The van der Waals surface area contributed by atoms with Crippen LogP contribution in [0.25, 0.3) is 16.5 Å². The number of thioether (sulfide) groups is 1. The molecule has 8 heteroatoms. The van der Waals surface area contributed by atoms with Crippen LogP contribution in [0.1, 0.15) is 11.8 Å². The van der Waals surface area contributed by atoms with E-state index < -0.39 is 5.97 Å². The van der Waals surface area contributed by atoms with Gasteiger partial charge in [-0.2, -0.15) is 18.2 Å². The van der Waals surface area contributed by atoms with Crippen LogP contribution in [0.4, 0.5) is 5.69 Å². The first-order chi connectivity index (χ1) is 14.0. The Hall–Kier alpha value is -2.16. The third-order valence-corrected chi connectivity index (χ3v) is 5.53. The van der Waals surface area contributed by atoms with Crippen molar-refractivity contribution in [2.45, 2.75) is 6.92 Å². The predicted molar refractivity (Wildman–Crippen MR) is 119 cm³/mol. The predicted octanol–water partition coefficient (Wildman–Crippen LogP) is 2.20. The van der Waals surface area contributed by atoms with Gasteiger partial charge in [-0.25, -0.2) is 0 Å². The van der Waals surface area contributed by atoms with Crippen molar-refractivity contribution in [2.75, 3.05) is 0 Å². The van der Waals surface area contributed by atoms with Gasteiger partial charge in [0.2, 0.25) is 0 Å². The van der Waals surface area contributed by atoms with Crippen molar-refractivity contribution in [1.82, 2.24) is 5.32 Å². The van der Waals surface area contributed by atoms with Gasteiger partial charge in [-0.15, -0.1) is 23.5 Å². The topological polar surface area (TPSA) is 78.8 Å². The molecule has 1 amide bonds. The van der Waals surface area contributed by atoms with Gasteiger partial charge in [0.15, 0.2) is 5.17 Å². The second-order valence-corrected chi connectivity index (χ2v) is 7.97. The molecule has 2 aromatic carbocycles. The van der Waals surface area contributed by atoms with Crippen molar-refractivity contribution < 1.29 is 44.3 Å². The van der Waals surface area contributed by atoms with Crippen molar-refractivity contribution in [3.05, 3.63) is 82.6 Å². The summed E-state index contributed by atoms with van der Waals surface area (Å²) in [6.45, 7) is 1.08. The van der Waals surface area contributed by atoms with Crippen LogP contribution in [-0.4, -0.2) is 22.2 Å². The molecular weight excluding hydrogens is 427 g/mol. The van der Waals surface area contributed by atoms with E-state index in [1.807, 2.05) is 42.5 Å². The van der Waals surface area contributed by atoms with Gasteiger partial charge in [-0.1, -0.05) is 30.3 Å². The fourth-order valence-corrected chi connectivity index (χ4v) is 4.23. The second-order valence-electron chi connectivity index (χ2n) is 5.83. The van der Waals surface area contributed by atoms with Crippen LogP contribution in [0.3, 0.4) is 0 Å². The van der Waals surface area contributed by atoms with Crippen LogP contribution < -0.4 is 34.9 Å². The number of carboxylic acid groups (broad SMARTS) is 1. The molecule has 3 aromatic rings. The van der Waals surface area contributed by atoms with Gasteiger partial charge < -0.3 is 10.4 Å². The summed E-state index contributed by atoms with van der Waals surface area (Å²) in [5.41, 5.74) is 1.98. The first-order valence-corrected chi connectivity index (χ1v) is 10.2. The third kappa shape index (κ3) is 7.27.